The van der Waals surface area contributed by atoms with Crippen LogP contribution in [0.25, 0.3) is 11.4 Å². The minimum Gasteiger partial charge on any atom is -0.478 e. The van der Waals surface area contributed by atoms with Gasteiger partial charge in [0.05, 0.1) is 5.56 Å². The van der Waals surface area contributed by atoms with Crippen LogP contribution in [-0.2, 0) is 0 Å². The van der Waals surface area contributed by atoms with Crippen molar-refractivity contribution in [2.75, 3.05) is 13.1 Å². The lowest BCUT2D eigenvalue weighted by Crippen LogP contribution is -2.32. The molecule has 0 spiro atoms. The van der Waals surface area contributed by atoms with Crippen LogP contribution < -0.4 is 0 Å². The van der Waals surface area contributed by atoms with Gasteiger partial charge < -0.3 is 15.0 Å². The van der Waals surface area contributed by atoms with Crippen molar-refractivity contribution in [2.24, 2.45) is 0 Å². The largest absolute Gasteiger partial charge is 0.478 e. The standard InChI is InChI=1S/C17H21N3O3/c1-3-7-20(8-4-2)16(21)13-9-12(15-18-5-6-19-15)10-14(11-13)17(22)23/h5-6,9-11H,3-4,7-8H2,1-2H3,(H,18,19)(H,22,23). The molecule has 1 aromatic heterocycles. The summed E-state index contributed by atoms with van der Waals surface area (Å²) in [5.41, 5.74) is 1.04. The number of imidazole rings is 1. The van der Waals surface area contributed by atoms with Gasteiger partial charge in [-0.2, -0.15) is 0 Å². The molecule has 2 aromatic rings. The molecular formula is C17H21N3O3. The van der Waals surface area contributed by atoms with E-state index >= 15 is 0 Å². The van der Waals surface area contributed by atoms with Gasteiger partial charge in [-0.1, -0.05) is 13.8 Å². The summed E-state index contributed by atoms with van der Waals surface area (Å²) in [7, 11) is 0. The van der Waals surface area contributed by atoms with E-state index in [2.05, 4.69) is 9.97 Å². The summed E-state index contributed by atoms with van der Waals surface area (Å²) in [6.45, 7) is 5.33. The summed E-state index contributed by atoms with van der Waals surface area (Å²) in [6.07, 6.45) is 4.96. The van der Waals surface area contributed by atoms with Gasteiger partial charge in [-0.3, -0.25) is 4.79 Å². The molecule has 0 unspecified atom stereocenters. The van der Waals surface area contributed by atoms with Crippen LogP contribution in [-0.4, -0.2) is 44.9 Å². The van der Waals surface area contributed by atoms with Crippen LogP contribution in [0.5, 0.6) is 0 Å². The maximum atomic E-state index is 12.7. The van der Waals surface area contributed by atoms with E-state index in [9.17, 15) is 14.7 Å². The molecule has 23 heavy (non-hydrogen) atoms. The van der Waals surface area contributed by atoms with Crippen molar-refractivity contribution < 1.29 is 14.7 Å². The SMILES string of the molecule is CCCN(CCC)C(=O)c1cc(C(=O)O)cc(-c2ncc[nH]2)c1. The predicted molar refractivity (Wildman–Crippen MR) is 87.5 cm³/mol. The Labute approximate surface area is 135 Å². The summed E-state index contributed by atoms with van der Waals surface area (Å²) >= 11 is 0. The number of carboxylic acids is 1. The zero-order chi connectivity index (χ0) is 16.8. The summed E-state index contributed by atoms with van der Waals surface area (Å²) < 4.78 is 0. The first-order chi connectivity index (χ1) is 11.1. The van der Waals surface area contributed by atoms with Crippen molar-refractivity contribution >= 4 is 11.9 Å². The maximum Gasteiger partial charge on any atom is 0.335 e. The second kappa shape index (κ2) is 7.58. The Kier molecular flexibility index (Phi) is 5.51. The first-order valence-electron chi connectivity index (χ1n) is 7.74. The third kappa shape index (κ3) is 3.97. The Hall–Kier alpha value is -2.63. The highest BCUT2D eigenvalue weighted by atomic mass is 16.4. The summed E-state index contributed by atoms with van der Waals surface area (Å²) in [6, 6.07) is 4.63. The second-order valence-electron chi connectivity index (χ2n) is 5.33. The van der Waals surface area contributed by atoms with Crippen molar-refractivity contribution in [3.8, 4) is 11.4 Å². The normalized spacial score (nSPS) is 10.5. The van der Waals surface area contributed by atoms with E-state index in [0.29, 0.717) is 30.0 Å². The topological polar surface area (TPSA) is 86.3 Å². The van der Waals surface area contributed by atoms with Crippen LogP contribution in [0.1, 0.15) is 47.4 Å². The highest BCUT2D eigenvalue weighted by molar-refractivity contribution is 5.99. The lowest BCUT2D eigenvalue weighted by molar-refractivity contribution is 0.0697. The van der Waals surface area contributed by atoms with E-state index in [1.54, 1.807) is 23.4 Å². The van der Waals surface area contributed by atoms with Gasteiger partial charge in [0.15, 0.2) is 0 Å². The van der Waals surface area contributed by atoms with Crippen LogP contribution in [0, 0.1) is 0 Å². The Bertz CT molecular complexity index is 674. The molecule has 0 saturated heterocycles. The molecule has 0 aliphatic rings. The summed E-state index contributed by atoms with van der Waals surface area (Å²) in [4.78, 5) is 32.9. The molecule has 0 aliphatic heterocycles. The lowest BCUT2D eigenvalue weighted by Gasteiger charge is -2.22. The molecular weight excluding hydrogens is 294 g/mol. The van der Waals surface area contributed by atoms with Crippen molar-refractivity contribution in [1.29, 1.82) is 0 Å². The van der Waals surface area contributed by atoms with Crippen LogP contribution in [0.4, 0.5) is 0 Å². The van der Waals surface area contributed by atoms with Crippen LogP contribution >= 0.6 is 0 Å². The van der Waals surface area contributed by atoms with Crippen molar-refractivity contribution in [3.05, 3.63) is 41.7 Å². The molecule has 122 valence electrons. The molecule has 1 aromatic carbocycles. The van der Waals surface area contributed by atoms with Gasteiger partial charge in [0.2, 0.25) is 0 Å². The molecule has 0 atom stereocenters. The minimum atomic E-state index is -1.06. The van der Waals surface area contributed by atoms with Gasteiger partial charge in [0, 0.05) is 36.6 Å². The molecule has 2 N–H and O–H groups in total. The van der Waals surface area contributed by atoms with E-state index in [0.717, 1.165) is 12.8 Å². The average molecular weight is 315 g/mol. The predicted octanol–water partition coefficient (Wildman–Crippen LogP) is 3.04. The van der Waals surface area contributed by atoms with E-state index < -0.39 is 5.97 Å². The maximum absolute atomic E-state index is 12.7. The van der Waals surface area contributed by atoms with Gasteiger partial charge in [-0.05, 0) is 31.0 Å². The number of carbonyl (C=O) groups excluding carboxylic acids is 1. The molecule has 1 amide bonds. The van der Waals surface area contributed by atoms with Crippen LogP contribution in [0.2, 0.25) is 0 Å². The molecule has 1 heterocycles. The number of nitrogens with one attached hydrogen (secondary N) is 1. The van der Waals surface area contributed by atoms with E-state index in [-0.39, 0.29) is 11.5 Å². The molecule has 6 nitrogen and oxygen atoms in total. The van der Waals surface area contributed by atoms with Crippen LogP contribution in [0.3, 0.4) is 0 Å². The van der Waals surface area contributed by atoms with E-state index in [4.69, 9.17) is 0 Å². The number of rotatable bonds is 7. The first-order valence-corrected chi connectivity index (χ1v) is 7.74. The van der Waals surface area contributed by atoms with Gasteiger partial charge in [-0.15, -0.1) is 0 Å². The van der Waals surface area contributed by atoms with Crippen LogP contribution in [0.15, 0.2) is 30.6 Å². The number of carbonyl (C=O) groups is 2. The lowest BCUT2D eigenvalue weighted by atomic mass is 10.0. The number of hydrogen-bond acceptors (Lipinski definition) is 3. The van der Waals surface area contributed by atoms with Crippen molar-refractivity contribution in [2.45, 2.75) is 26.7 Å². The molecule has 0 aliphatic carbocycles. The summed E-state index contributed by atoms with van der Waals surface area (Å²) in [5.74, 6) is -0.672. The fourth-order valence-corrected chi connectivity index (χ4v) is 2.47. The number of nitrogens with zero attached hydrogens (tertiary/aromatic N) is 2. The highest BCUT2D eigenvalue weighted by Gasteiger charge is 2.18. The molecule has 0 radical (unpaired) electrons. The number of hydrogen-bond donors (Lipinski definition) is 2. The monoisotopic (exact) mass is 315 g/mol. The Balaban J connectivity index is 2.44. The smallest absolute Gasteiger partial charge is 0.335 e. The third-order valence-electron chi connectivity index (χ3n) is 3.47. The van der Waals surface area contributed by atoms with Gasteiger partial charge in [-0.25, -0.2) is 9.78 Å². The molecule has 2 rings (SSSR count). The quantitative estimate of drug-likeness (QED) is 0.822. The first kappa shape index (κ1) is 16.7. The molecule has 0 saturated carbocycles. The van der Waals surface area contributed by atoms with Gasteiger partial charge >= 0.3 is 5.97 Å². The fraction of sp³-hybridized carbons (Fsp3) is 0.353. The summed E-state index contributed by atoms with van der Waals surface area (Å²) in [5, 5.41) is 9.30. The number of amides is 1. The van der Waals surface area contributed by atoms with E-state index in [1.165, 1.54) is 12.1 Å². The Morgan fingerprint density at radius 3 is 2.30 bits per heavy atom. The van der Waals surface area contributed by atoms with Crippen molar-refractivity contribution in [3.63, 3.8) is 0 Å². The number of carboxylic acid groups (broad SMARTS) is 1. The van der Waals surface area contributed by atoms with Gasteiger partial charge in [0.25, 0.3) is 5.91 Å². The van der Waals surface area contributed by atoms with E-state index in [1.807, 2.05) is 13.8 Å². The third-order valence-corrected chi connectivity index (χ3v) is 3.47. The second-order valence-corrected chi connectivity index (χ2v) is 5.33. The number of aromatic nitrogens is 2. The molecule has 6 heteroatoms. The average Bonchev–Trinajstić information content (AvgIpc) is 3.08. The number of aromatic carboxylic acids is 1. The number of benzene rings is 1. The van der Waals surface area contributed by atoms with Crippen molar-refractivity contribution in [1.82, 2.24) is 14.9 Å². The zero-order valence-corrected chi connectivity index (χ0v) is 13.4. The molecule has 0 fully saturated rings. The Morgan fingerprint density at radius 2 is 1.78 bits per heavy atom. The minimum absolute atomic E-state index is 0.0789. The zero-order valence-electron chi connectivity index (χ0n) is 13.4. The fourth-order valence-electron chi connectivity index (χ4n) is 2.47. The number of aromatic amines is 1. The Morgan fingerprint density at radius 1 is 1.13 bits per heavy atom. The number of H-pyrrole nitrogens is 1. The highest BCUT2D eigenvalue weighted by Crippen LogP contribution is 2.21. The molecule has 0 bridgehead atoms. The van der Waals surface area contributed by atoms with Gasteiger partial charge in [0.1, 0.15) is 5.82 Å².